The van der Waals surface area contributed by atoms with Crippen molar-refractivity contribution in [3.63, 3.8) is 0 Å². The van der Waals surface area contributed by atoms with Crippen LogP contribution in [0, 0.1) is 0 Å². The molecule has 1 aromatic heterocycles. The number of fused-ring (bicyclic) bond motifs is 2. The summed E-state index contributed by atoms with van der Waals surface area (Å²) in [6, 6.07) is 19.0. The average molecular weight is 990 g/mol. The lowest BCUT2D eigenvalue weighted by molar-refractivity contribution is -0.146. The molecular weight excluding hydrogens is 923 g/mol. The van der Waals surface area contributed by atoms with Gasteiger partial charge in [-0.1, -0.05) is 85.6 Å². The number of aromatic nitrogens is 2. The Labute approximate surface area is 418 Å². The van der Waals surface area contributed by atoms with Gasteiger partial charge >= 0.3 is 11.8 Å². The lowest BCUT2D eigenvalue weighted by Crippen LogP contribution is -2.62. The summed E-state index contributed by atoms with van der Waals surface area (Å²) in [4.78, 5) is 123. The molecule has 1 unspecified atom stereocenters. The quantitative estimate of drug-likeness (QED) is 0.0709. The highest BCUT2D eigenvalue weighted by Crippen LogP contribution is 2.31. The molecule has 19 heteroatoms. The third-order valence-corrected chi connectivity index (χ3v) is 13.7. The van der Waals surface area contributed by atoms with Crippen molar-refractivity contribution < 1.29 is 43.1 Å². The van der Waals surface area contributed by atoms with Gasteiger partial charge in [-0.2, -0.15) is 0 Å². The van der Waals surface area contributed by atoms with Crippen LogP contribution in [0.25, 0.3) is 11.0 Å². The summed E-state index contributed by atoms with van der Waals surface area (Å²) in [7, 11) is 1.68. The predicted molar refractivity (Wildman–Crippen MR) is 267 cm³/mol. The van der Waals surface area contributed by atoms with Crippen molar-refractivity contribution in [2.24, 2.45) is 12.8 Å². The standard InChI is InChI=1S/C53H67N9O10/c1-53(2,3)72-51(70)56-38-32-60(44(65)23-14-6-5-9-20-35-21-15-22-39-46(35)59(4)52(71)62(39)41-27-29-43(64)57-49(41)68)31-30-36-24-26-40(61(36)50(38)69)48(67)55-37(25-28-42(54)63)47(66)58-45(33-16-10-7-11-17-33)34-18-12-8-13-19-34/h7-8,10-13,15-19,21-22,36-38,40-41,45H,5-6,9,14,20,23-32H2,1-4H3,(H2,54,63)(H,55,67)(H,56,70)(H,58,66)(H,57,64,68)/t36-,37+,38+,40+,41?/m1/s1. The molecule has 5 atom stereocenters. The smallest absolute Gasteiger partial charge is 0.408 e. The molecule has 4 heterocycles. The Balaban J connectivity index is 0.990. The first kappa shape index (κ1) is 52.5. The summed E-state index contributed by atoms with van der Waals surface area (Å²) >= 11 is 0. The molecule has 384 valence electrons. The van der Waals surface area contributed by atoms with Gasteiger partial charge in [-0.3, -0.25) is 48.0 Å². The zero-order chi connectivity index (χ0) is 51.7. The van der Waals surface area contributed by atoms with Gasteiger partial charge in [0.2, 0.25) is 41.4 Å². The van der Waals surface area contributed by atoms with Gasteiger partial charge < -0.3 is 36.2 Å². The van der Waals surface area contributed by atoms with Crippen molar-refractivity contribution in [1.29, 1.82) is 0 Å². The molecule has 3 aliphatic heterocycles. The number of nitrogens with two attached hydrogens (primary N) is 1. The maximum atomic E-state index is 14.7. The summed E-state index contributed by atoms with van der Waals surface area (Å²) in [5.74, 6) is -3.37. The van der Waals surface area contributed by atoms with Crippen LogP contribution in [0.4, 0.5) is 4.79 Å². The van der Waals surface area contributed by atoms with Gasteiger partial charge in [0.05, 0.1) is 23.6 Å². The molecule has 0 aliphatic carbocycles. The second kappa shape index (κ2) is 23.3. The first-order valence-corrected chi connectivity index (χ1v) is 25.0. The van der Waals surface area contributed by atoms with E-state index in [2.05, 4.69) is 21.3 Å². The number of alkyl carbamates (subject to hydrolysis) is 1. The van der Waals surface area contributed by atoms with E-state index >= 15 is 0 Å². The van der Waals surface area contributed by atoms with E-state index < -0.39 is 77.5 Å². The van der Waals surface area contributed by atoms with Crippen LogP contribution < -0.4 is 32.7 Å². The number of aryl methyl sites for hydroxylation is 2. The monoisotopic (exact) mass is 990 g/mol. The van der Waals surface area contributed by atoms with Crippen LogP contribution in [0.15, 0.2) is 83.7 Å². The first-order chi connectivity index (χ1) is 34.4. The summed E-state index contributed by atoms with van der Waals surface area (Å²) in [6.45, 7) is 5.18. The van der Waals surface area contributed by atoms with Crippen LogP contribution in [0.1, 0.15) is 127 Å². The lowest BCUT2D eigenvalue weighted by atomic mass is 9.98. The molecule has 72 heavy (non-hydrogen) atoms. The van der Waals surface area contributed by atoms with E-state index in [1.807, 2.05) is 78.9 Å². The number of rotatable bonds is 18. The molecule has 4 aromatic rings. The average Bonchev–Trinajstić information content (AvgIpc) is 3.88. The fourth-order valence-corrected chi connectivity index (χ4v) is 10.2. The van der Waals surface area contributed by atoms with Crippen LogP contribution in [-0.4, -0.2) is 109 Å². The maximum absolute atomic E-state index is 14.7. The van der Waals surface area contributed by atoms with Crippen molar-refractivity contribution in [2.45, 2.75) is 146 Å². The van der Waals surface area contributed by atoms with Gasteiger partial charge in [0.1, 0.15) is 29.8 Å². The molecule has 0 spiro atoms. The number of hydrogen-bond donors (Lipinski definition) is 5. The number of primary amides is 1. The van der Waals surface area contributed by atoms with Gasteiger partial charge in [-0.15, -0.1) is 0 Å². The zero-order valence-electron chi connectivity index (χ0n) is 41.5. The van der Waals surface area contributed by atoms with Crippen molar-refractivity contribution in [2.75, 3.05) is 13.1 Å². The second-order valence-corrected chi connectivity index (χ2v) is 20.0. The molecule has 7 rings (SSSR count). The normalized spacial score (nSPS) is 19.8. The van der Waals surface area contributed by atoms with E-state index in [9.17, 15) is 43.2 Å². The van der Waals surface area contributed by atoms with Crippen molar-refractivity contribution >= 4 is 58.5 Å². The van der Waals surface area contributed by atoms with E-state index in [0.29, 0.717) is 31.2 Å². The Morgan fingerprint density at radius 2 is 1.49 bits per heavy atom. The fourth-order valence-electron chi connectivity index (χ4n) is 10.2. The molecule has 3 aliphatic rings. The van der Waals surface area contributed by atoms with Crippen LogP contribution in [-0.2, 0) is 51.8 Å². The van der Waals surface area contributed by atoms with Gasteiger partial charge in [0, 0.05) is 38.9 Å². The SMILES string of the molecule is Cn1c(=O)n(C2CCC(=O)NC2=O)c2cccc(CCCCCCC(=O)N3CC[C@H]4CC[C@@H](C(=O)N[C@@H](CCC(N)=O)C(=O)NC(c5ccccc5)c5ccccc5)N4C(=O)[C@@H](NC(=O)OC(C)(C)C)C3)c21. The summed E-state index contributed by atoms with van der Waals surface area (Å²) in [6.07, 6.45) is 4.05. The number of carbonyl (C=O) groups is 8. The predicted octanol–water partition coefficient (Wildman–Crippen LogP) is 3.95. The molecule has 3 aromatic carbocycles. The minimum atomic E-state index is -1.25. The highest BCUT2D eigenvalue weighted by Gasteiger charge is 2.46. The Bertz CT molecular complexity index is 2670. The number of para-hydroxylation sites is 1. The Morgan fingerprint density at radius 1 is 0.806 bits per heavy atom. The van der Waals surface area contributed by atoms with Crippen LogP contribution in [0.3, 0.4) is 0 Å². The number of hydrogen-bond acceptors (Lipinski definition) is 10. The van der Waals surface area contributed by atoms with Gasteiger partial charge in [-0.25, -0.2) is 9.59 Å². The van der Waals surface area contributed by atoms with Gasteiger partial charge in [-0.05, 0) is 94.9 Å². The lowest BCUT2D eigenvalue weighted by Gasteiger charge is -2.39. The van der Waals surface area contributed by atoms with E-state index in [1.165, 1.54) is 9.47 Å². The number of carbonyl (C=O) groups excluding carboxylic acids is 8. The molecule has 6 N–H and O–H groups in total. The zero-order valence-corrected chi connectivity index (χ0v) is 41.5. The Hall–Kier alpha value is -7.31. The largest absolute Gasteiger partial charge is 0.444 e. The second-order valence-electron chi connectivity index (χ2n) is 20.0. The summed E-state index contributed by atoms with van der Waals surface area (Å²) in [5, 5.41) is 10.9. The topological polar surface area (TPSA) is 253 Å². The van der Waals surface area contributed by atoms with E-state index in [0.717, 1.165) is 41.5 Å². The molecule has 3 fully saturated rings. The van der Waals surface area contributed by atoms with E-state index in [4.69, 9.17) is 10.5 Å². The van der Waals surface area contributed by atoms with Crippen molar-refractivity contribution in [3.8, 4) is 0 Å². The number of unbranched alkanes of at least 4 members (excludes halogenated alkanes) is 3. The number of nitrogens with one attached hydrogen (secondary N) is 4. The van der Waals surface area contributed by atoms with Gasteiger partial charge in [0.15, 0.2) is 0 Å². The van der Waals surface area contributed by atoms with Crippen molar-refractivity contribution in [1.82, 2.24) is 40.2 Å². The van der Waals surface area contributed by atoms with Crippen LogP contribution in [0.2, 0.25) is 0 Å². The number of imide groups is 1. The highest BCUT2D eigenvalue weighted by molar-refractivity contribution is 6.00. The number of amides is 8. The number of benzene rings is 3. The molecule has 0 saturated carbocycles. The van der Waals surface area contributed by atoms with E-state index in [-0.39, 0.29) is 69.1 Å². The highest BCUT2D eigenvalue weighted by atomic mass is 16.6. The van der Waals surface area contributed by atoms with Crippen LogP contribution >= 0.6 is 0 Å². The number of nitrogens with zero attached hydrogens (tertiary/aromatic N) is 4. The summed E-state index contributed by atoms with van der Waals surface area (Å²) in [5.41, 5.74) is 8.22. The third-order valence-electron chi connectivity index (χ3n) is 13.7. The first-order valence-electron chi connectivity index (χ1n) is 25.0. The molecule has 0 radical (unpaired) electrons. The van der Waals surface area contributed by atoms with Crippen molar-refractivity contribution in [3.05, 3.63) is 106 Å². The summed E-state index contributed by atoms with van der Waals surface area (Å²) < 4.78 is 8.56. The van der Waals surface area contributed by atoms with Gasteiger partial charge in [0.25, 0.3) is 0 Å². The maximum Gasteiger partial charge on any atom is 0.408 e. The molecule has 8 amide bonds. The minimum absolute atomic E-state index is 0.0885. The number of piperidine rings is 1. The Morgan fingerprint density at radius 3 is 2.14 bits per heavy atom. The number of imidazole rings is 1. The number of ether oxygens (including phenoxy) is 1. The molecule has 3 saturated heterocycles. The van der Waals surface area contributed by atoms with Crippen LogP contribution in [0.5, 0.6) is 0 Å². The minimum Gasteiger partial charge on any atom is -0.444 e. The molecule has 0 bridgehead atoms. The molecular formula is C53H67N9O10. The fraction of sp³-hybridized carbons (Fsp3) is 0.491. The third kappa shape index (κ3) is 12.8. The van der Waals surface area contributed by atoms with E-state index in [1.54, 1.807) is 37.3 Å². The Kier molecular flexibility index (Phi) is 17.0. The molecule has 19 nitrogen and oxygen atoms in total.